The van der Waals surface area contributed by atoms with Crippen LogP contribution in [0.25, 0.3) is 10.6 Å². The average molecular weight is 303 g/mol. The summed E-state index contributed by atoms with van der Waals surface area (Å²) in [5.74, 6) is 0. The lowest BCUT2D eigenvalue weighted by molar-refractivity contribution is 0.345. The molecule has 2 aromatic rings. The van der Waals surface area contributed by atoms with E-state index in [2.05, 4.69) is 34.2 Å². The SMILES string of the molecule is Clc1ccc(-c2ccc(C34C=CCN(CC3)C4)cn2)s1. The maximum atomic E-state index is 5.99. The van der Waals surface area contributed by atoms with Gasteiger partial charge < -0.3 is 0 Å². The second kappa shape index (κ2) is 4.69. The van der Waals surface area contributed by atoms with Crippen molar-refractivity contribution in [1.82, 2.24) is 9.88 Å². The standard InChI is InChI=1S/C16H15ClN2S/c17-15-5-4-14(20-15)13-3-2-12(10-18-13)16-6-1-8-19(11-16)9-7-16/h1-6,10H,7-9,11H2. The normalized spacial score (nSPS) is 27.9. The van der Waals surface area contributed by atoms with Crippen LogP contribution in [0.1, 0.15) is 12.0 Å². The number of aromatic nitrogens is 1. The Labute approximate surface area is 127 Å². The van der Waals surface area contributed by atoms with Gasteiger partial charge in [0.15, 0.2) is 0 Å². The van der Waals surface area contributed by atoms with Crippen LogP contribution in [0, 0.1) is 0 Å². The summed E-state index contributed by atoms with van der Waals surface area (Å²) in [7, 11) is 0. The van der Waals surface area contributed by atoms with Crippen molar-refractivity contribution in [3.8, 4) is 10.6 Å². The number of nitrogens with zero attached hydrogens (tertiary/aromatic N) is 2. The maximum Gasteiger partial charge on any atom is 0.0935 e. The molecule has 2 aliphatic rings. The first-order valence-electron chi connectivity index (χ1n) is 6.88. The predicted octanol–water partition coefficient (Wildman–Crippen LogP) is 3.98. The highest BCUT2D eigenvalue weighted by Gasteiger charge is 2.39. The van der Waals surface area contributed by atoms with Crippen molar-refractivity contribution in [1.29, 1.82) is 0 Å². The Balaban J connectivity index is 1.68. The van der Waals surface area contributed by atoms with Gasteiger partial charge in [0.1, 0.15) is 0 Å². The van der Waals surface area contributed by atoms with Crippen molar-refractivity contribution >= 4 is 22.9 Å². The fourth-order valence-electron chi connectivity index (χ4n) is 3.25. The number of halogens is 1. The lowest BCUT2D eigenvalue weighted by Gasteiger charge is -2.29. The summed E-state index contributed by atoms with van der Waals surface area (Å²) < 4.78 is 0.811. The van der Waals surface area contributed by atoms with E-state index in [-0.39, 0.29) is 5.41 Å². The van der Waals surface area contributed by atoms with Gasteiger partial charge >= 0.3 is 0 Å². The second-order valence-electron chi connectivity index (χ2n) is 5.58. The highest BCUT2D eigenvalue weighted by atomic mass is 35.5. The topological polar surface area (TPSA) is 16.1 Å². The molecule has 1 saturated heterocycles. The van der Waals surface area contributed by atoms with Crippen molar-refractivity contribution in [3.63, 3.8) is 0 Å². The Morgan fingerprint density at radius 3 is 2.95 bits per heavy atom. The quantitative estimate of drug-likeness (QED) is 0.780. The van der Waals surface area contributed by atoms with E-state index in [0.29, 0.717) is 0 Å². The summed E-state index contributed by atoms with van der Waals surface area (Å²) in [6, 6.07) is 8.31. The van der Waals surface area contributed by atoms with Crippen LogP contribution in [0.15, 0.2) is 42.6 Å². The first-order chi connectivity index (χ1) is 9.75. The number of thiophene rings is 1. The van der Waals surface area contributed by atoms with E-state index in [0.717, 1.165) is 28.0 Å². The monoisotopic (exact) mass is 302 g/mol. The van der Waals surface area contributed by atoms with Gasteiger partial charge in [-0.15, -0.1) is 11.3 Å². The molecule has 0 N–H and O–H groups in total. The van der Waals surface area contributed by atoms with E-state index in [9.17, 15) is 0 Å². The molecule has 0 amide bonds. The van der Waals surface area contributed by atoms with Crippen LogP contribution < -0.4 is 0 Å². The molecule has 4 heteroatoms. The van der Waals surface area contributed by atoms with E-state index in [1.165, 1.54) is 18.5 Å². The summed E-state index contributed by atoms with van der Waals surface area (Å²) in [6.07, 6.45) is 7.93. The highest BCUT2D eigenvalue weighted by molar-refractivity contribution is 7.19. The van der Waals surface area contributed by atoms with Crippen molar-refractivity contribution in [3.05, 3.63) is 52.5 Å². The van der Waals surface area contributed by atoms with Gasteiger partial charge in [-0.1, -0.05) is 29.8 Å². The lowest BCUT2D eigenvalue weighted by atomic mass is 9.79. The molecule has 0 radical (unpaired) electrons. The molecule has 2 aliphatic heterocycles. The second-order valence-corrected chi connectivity index (χ2v) is 7.29. The van der Waals surface area contributed by atoms with Crippen LogP contribution in [0.4, 0.5) is 0 Å². The van der Waals surface area contributed by atoms with E-state index in [4.69, 9.17) is 11.6 Å². The first kappa shape index (κ1) is 12.6. The predicted molar refractivity (Wildman–Crippen MR) is 84.4 cm³/mol. The molecule has 2 unspecified atom stereocenters. The minimum absolute atomic E-state index is 0.191. The van der Waals surface area contributed by atoms with Crippen LogP contribution >= 0.6 is 22.9 Å². The van der Waals surface area contributed by atoms with Gasteiger partial charge in [-0.05, 0) is 36.7 Å². The van der Waals surface area contributed by atoms with Crippen LogP contribution in [0.5, 0.6) is 0 Å². The number of hydrogen-bond donors (Lipinski definition) is 0. The molecule has 0 aromatic carbocycles. The maximum absolute atomic E-state index is 5.99. The molecule has 0 saturated carbocycles. The first-order valence-corrected chi connectivity index (χ1v) is 8.07. The van der Waals surface area contributed by atoms with E-state index in [1.807, 2.05) is 18.3 Å². The van der Waals surface area contributed by atoms with E-state index < -0.39 is 0 Å². The fourth-order valence-corrected chi connectivity index (χ4v) is 4.27. The van der Waals surface area contributed by atoms with Gasteiger partial charge in [-0.25, -0.2) is 0 Å². The minimum atomic E-state index is 0.191. The Hall–Kier alpha value is -1.16. The van der Waals surface area contributed by atoms with Crippen molar-refractivity contribution in [2.75, 3.05) is 19.6 Å². The smallest absolute Gasteiger partial charge is 0.0935 e. The minimum Gasteiger partial charge on any atom is -0.298 e. The van der Waals surface area contributed by atoms with Crippen molar-refractivity contribution in [2.45, 2.75) is 11.8 Å². The molecule has 0 aliphatic carbocycles. The van der Waals surface area contributed by atoms with Gasteiger partial charge in [-0.2, -0.15) is 0 Å². The third-order valence-corrected chi connectivity index (χ3v) is 5.60. The molecule has 102 valence electrons. The third kappa shape index (κ3) is 2.01. The molecule has 2 bridgehead atoms. The molecule has 0 spiro atoms. The van der Waals surface area contributed by atoms with Crippen LogP contribution in [0.3, 0.4) is 0 Å². The molecule has 2 atom stereocenters. The van der Waals surface area contributed by atoms with Gasteiger partial charge in [0.05, 0.1) is 14.9 Å². The summed E-state index contributed by atoms with van der Waals surface area (Å²) in [4.78, 5) is 8.29. The molecule has 2 aromatic heterocycles. The molecule has 4 heterocycles. The van der Waals surface area contributed by atoms with Crippen molar-refractivity contribution < 1.29 is 0 Å². The number of rotatable bonds is 2. The number of pyridine rings is 1. The average Bonchev–Trinajstić information content (AvgIpc) is 3.04. The van der Waals surface area contributed by atoms with Gasteiger partial charge in [-0.3, -0.25) is 9.88 Å². The van der Waals surface area contributed by atoms with Crippen molar-refractivity contribution in [2.24, 2.45) is 0 Å². The van der Waals surface area contributed by atoms with Gasteiger partial charge in [0.25, 0.3) is 0 Å². The zero-order valence-corrected chi connectivity index (χ0v) is 12.6. The lowest BCUT2D eigenvalue weighted by Crippen LogP contribution is -2.33. The summed E-state index contributed by atoms with van der Waals surface area (Å²) in [5.41, 5.74) is 2.54. The van der Waals surface area contributed by atoms with E-state index in [1.54, 1.807) is 11.3 Å². The molecule has 1 fully saturated rings. The highest BCUT2D eigenvalue weighted by Crippen LogP contribution is 2.39. The number of fused-ring (bicyclic) bond motifs is 2. The zero-order chi connectivity index (χ0) is 13.6. The Morgan fingerprint density at radius 1 is 1.25 bits per heavy atom. The number of hydrogen-bond acceptors (Lipinski definition) is 3. The summed E-state index contributed by atoms with van der Waals surface area (Å²) in [6.45, 7) is 3.42. The Kier molecular flexibility index (Phi) is 2.95. The fraction of sp³-hybridized carbons (Fsp3) is 0.312. The Bertz CT molecular complexity index is 661. The summed E-state index contributed by atoms with van der Waals surface area (Å²) >= 11 is 7.57. The molecule has 20 heavy (non-hydrogen) atoms. The molecular weight excluding hydrogens is 288 g/mol. The van der Waals surface area contributed by atoms with Crippen LogP contribution in [-0.2, 0) is 5.41 Å². The molecular formula is C16H15ClN2S. The van der Waals surface area contributed by atoms with Gasteiger partial charge in [0, 0.05) is 24.7 Å². The Morgan fingerprint density at radius 2 is 2.20 bits per heavy atom. The molecule has 4 rings (SSSR count). The van der Waals surface area contributed by atoms with E-state index >= 15 is 0 Å². The molecule has 2 nitrogen and oxygen atoms in total. The van der Waals surface area contributed by atoms with Gasteiger partial charge in [0.2, 0.25) is 0 Å². The largest absolute Gasteiger partial charge is 0.298 e. The van der Waals surface area contributed by atoms with Crippen LogP contribution in [-0.4, -0.2) is 29.5 Å². The van der Waals surface area contributed by atoms with Crippen LogP contribution in [0.2, 0.25) is 4.34 Å². The summed E-state index contributed by atoms with van der Waals surface area (Å²) in [5, 5.41) is 0. The zero-order valence-electron chi connectivity index (χ0n) is 11.1. The third-order valence-electron chi connectivity index (χ3n) is 4.34.